The van der Waals surface area contributed by atoms with E-state index in [2.05, 4.69) is 20.4 Å². The third-order valence-electron chi connectivity index (χ3n) is 7.68. The summed E-state index contributed by atoms with van der Waals surface area (Å²) in [5.74, 6) is -1.45. The molecule has 0 spiro atoms. The van der Waals surface area contributed by atoms with Crippen molar-refractivity contribution in [2.75, 3.05) is 26.2 Å². The van der Waals surface area contributed by atoms with Crippen molar-refractivity contribution < 1.29 is 35.9 Å². The second-order valence-corrected chi connectivity index (χ2v) is 13.6. The van der Waals surface area contributed by atoms with Crippen molar-refractivity contribution in [1.29, 1.82) is 5.26 Å². The maximum atomic E-state index is 14.1. The van der Waals surface area contributed by atoms with Crippen LogP contribution in [0, 0.1) is 11.3 Å². The molecule has 2 unspecified atom stereocenters. The fourth-order valence-electron chi connectivity index (χ4n) is 5.10. The van der Waals surface area contributed by atoms with Crippen molar-refractivity contribution in [3.05, 3.63) is 52.3 Å². The highest BCUT2D eigenvalue weighted by Gasteiger charge is 2.56. The van der Waals surface area contributed by atoms with E-state index in [1.807, 2.05) is 6.07 Å². The molecule has 0 radical (unpaired) electrons. The Kier molecular flexibility index (Phi) is 7.84. The van der Waals surface area contributed by atoms with Gasteiger partial charge in [0.05, 0.1) is 32.0 Å². The SMILES string of the molecule is N#CC1(NC(=O)C2CC(S(=O)(=O)c3ccc(OCC(F)(F)F)cc3Cl)CN2C(=O)C2(c3ccc(Cl)cn3)CNC2)CC1. The summed E-state index contributed by atoms with van der Waals surface area (Å²) in [6.07, 6.45) is -2.65. The number of rotatable bonds is 8. The van der Waals surface area contributed by atoms with Crippen LogP contribution in [-0.2, 0) is 24.8 Å². The minimum absolute atomic E-state index is 0.191. The van der Waals surface area contributed by atoms with Gasteiger partial charge in [0, 0.05) is 31.9 Å². The Hall–Kier alpha value is -3.12. The first-order valence-electron chi connectivity index (χ1n) is 12.8. The summed E-state index contributed by atoms with van der Waals surface area (Å²) >= 11 is 12.2. The quantitative estimate of drug-likeness (QED) is 0.446. The van der Waals surface area contributed by atoms with Gasteiger partial charge >= 0.3 is 6.18 Å². The van der Waals surface area contributed by atoms with Crippen LogP contribution in [-0.4, -0.2) is 79.4 Å². The van der Waals surface area contributed by atoms with Crippen LogP contribution >= 0.6 is 23.2 Å². The van der Waals surface area contributed by atoms with E-state index in [9.17, 15) is 36.4 Å². The van der Waals surface area contributed by atoms with E-state index in [0.29, 0.717) is 23.6 Å². The highest BCUT2D eigenvalue weighted by atomic mass is 35.5. The highest BCUT2D eigenvalue weighted by molar-refractivity contribution is 7.92. The maximum Gasteiger partial charge on any atom is 0.422 e. The van der Waals surface area contributed by atoms with Crippen LogP contribution in [0.2, 0.25) is 10.0 Å². The number of halogens is 5. The van der Waals surface area contributed by atoms with E-state index < -0.39 is 56.7 Å². The molecule has 1 aliphatic carbocycles. The van der Waals surface area contributed by atoms with E-state index in [-0.39, 0.29) is 41.7 Å². The largest absolute Gasteiger partial charge is 0.484 e. The fraction of sp³-hybridized carbons (Fsp3) is 0.462. The van der Waals surface area contributed by atoms with E-state index >= 15 is 0 Å². The number of nitrogens with zero attached hydrogens (tertiary/aromatic N) is 3. The second-order valence-electron chi connectivity index (χ2n) is 10.6. The van der Waals surface area contributed by atoms with Crippen molar-refractivity contribution in [3.8, 4) is 11.8 Å². The van der Waals surface area contributed by atoms with E-state index in [0.717, 1.165) is 18.2 Å². The molecular weight excluding hydrogens is 622 g/mol. The van der Waals surface area contributed by atoms with E-state index in [4.69, 9.17) is 23.2 Å². The molecule has 0 bridgehead atoms. The predicted molar refractivity (Wildman–Crippen MR) is 144 cm³/mol. The van der Waals surface area contributed by atoms with Gasteiger partial charge in [0.1, 0.15) is 22.7 Å². The van der Waals surface area contributed by atoms with Gasteiger partial charge in [-0.1, -0.05) is 23.2 Å². The number of amides is 2. The Morgan fingerprint density at radius 1 is 1.21 bits per heavy atom. The van der Waals surface area contributed by atoms with Gasteiger partial charge in [0.15, 0.2) is 16.4 Å². The van der Waals surface area contributed by atoms with Gasteiger partial charge < -0.3 is 20.3 Å². The van der Waals surface area contributed by atoms with Gasteiger partial charge in [0.25, 0.3) is 0 Å². The van der Waals surface area contributed by atoms with E-state index in [1.165, 1.54) is 11.1 Å². The van der Waals surface area contributed by atoms with Gasteiger partial charge in [-0.2, -0.15) is 18.4 Å². The van der Waals surface area contributed by atoms with Gasteiger partial charge in [-0.05, 0) is 43.5 Å². The van der Waals surface area contributed by atoms with Crippen LogP contribution < -0.4 is 15.4 Å². The predicted octanol–water partition coefficient (Wildman–Crippen LogP) is 2.79. The number of ether oxygens (including phenoxy) is 1. The number of likely N-dealkylation sites (tertiary alicyclic amines) is 1. The standard InChI is InChI=1S/C26H24Cl2F3N5O5S/c27-15-1-4-21(34-9-15)25(12-33-13-25)23(38)36-10-17(8-19(36)22(37)35-24(11-32)5-6-24)42(39,40)20-3-2-16(7-18(20)28)41-14-26(29,30)31/h1-4,7,9,17,19,33H,5-6,8,10,12-14H2,(H,35,37). The van der Waals surface area contributed by atoms with Gasteiger partial charge in [-0.25, -0.2) is 8.42 Å². The Labute approximate surface area is 249 Å². The number of alkyl halides is 3. The minimum Gasteiger partial charge on any atom is -0.484 e. The molecule has 1 aromatic heterocycles. The molecule has 1 saturated carbocycles. The first-order chi connectivity index (χ1) is 19.7. The molecule has 3 aliphatic rings. The lowest BCUT2D eigenvalue weighted by molar-refractivity contribution is -0.153. The molecule has 2 N–H and O–H groups in total. The van der Waals surface area contributed by atoms with Crippen LogP contribution in [0.5, 0.6) is 5.75 Å². The lowest BCUT2D eigenvalue weighted by atomic mass is 9.76. The topological polar surface area (TPSA) is 141 Å². The molecule has 224 valence electrons. The lowest BCUT2D eigenvalue weighted by Gasteiger charge is -2.43. The summed E-state index contributed by atoms with van der Waals surface area (Å²) in [7, 11) is -4.30. The first-order valence-corrected chi connectivity index (χ1v) is 15.1. The molecular formula is C26H24Cl2F3N5O5S. The lowest BCUT2D eigenvalue weighted by Crippen LogP contribution is -2.67. The Bertz CT molecular complexity index is 1560. The van der Waals surface area contributed by atoms with Crippen LogP contribution in [0.25, 0.3) is 0 Å². The third kappa shape index (κ3) is 5.75. The first kappa shape index (κ1) is 30.3. The van der Waals surface area contributed by atoms with Gasteiger partial charge in [-0.3, -0.25) is 14.6 Å². The number of carbonyl (C=O) groups excluding carboxylic acids is 2. The zero-order chi connectivity index (χ0) is 30.5. The molecule has 16 heteroatoms. The zero-order valence-corrected chi connectivity index (χ0v) is 24.1. The number of hydrogen-bond acceptors (Lipinski definition) is 8. The Morgan fingerprint density at radius 2 is 1.93 bits per heavy atom. The molecule has 42 heavy (non-hydrogen) atoms. The number of nitrogens with one attached hydrogen (secondary N) is 2. The molecule has 5 rings (SSSR count). The number of nitriles is 1. The summed E-state index contributed by atoms with van der Waals surface area (Å²) in [4.78, 5) is 32.7. The summed E-state index contributed by atoms with van der Waals surface area (Å²) in [6.45, 7) is -1.57. The number of pyridine rings is 1. The van der Waals surface area contributed by atoms with Crippen molar-refractivity contribution in [2.24, 2.45) is 0 Å². The van der Waals surface area contributed by atoms with Crippen LogP contribution in [0.1, 0.15) is 25.0 Å². The molecule has 3 heterocycles. The molecule has 2 atom stereocenters. The third-order valence-corrected chi connectivity index (χ3v) is 10.5. The van der Waals surface area contributed by atoms with Crippen LogP contribution in [0.3, 0.4) is 0 Å². The Morgan fingerprint density at radius 3 is 2.45 bits per heavy atom. The smallest absolute Gasteiger partial charge is 0.422 e. The van der Waals surface area contributed by atoms with Crippen molar-refractivity contribution >= 4 is 44.9 Å². The molecule has 10 nitrogen and oxygen atoms in total. The Balaban J connectivity index is 1.45. The monoisotopic (exact) mass is 645 g/mol. The summed E-state index contributed by atoms with van der Waals surface area (Å²) in [6, 6.07) is 7.05. The summed E-state index contributed by atoms with van der Waals surface area (Å²) in [5, 5.41) is 13.9. The number of benzene rings is 1. The normalized spacial score (nSPS) is 22.5. The fourth-order valence-corrected chi connectivity index (χ4v) is 7.45. The van der Waals surface area contributed by atoms with Crippen molar-refractivity contribution in [1.82, 2.24) is 20.5 Å². The molecule has 2 aliphatic heterocycles. The number of hydrogen-bond donors (Lipinski definition) is 2. The molecule has 2 amide bonds. The van der Waals surface area contributed by atoms with E-state index in [1.54, 1.807) is 12.1 Å². The highest BCUT2D eigenvalue weighted by Crippen LogP contribution is 2.39. The number of aromatic nitrogens is 1. The average molecular weight is 646 g/mol. The number of carbonyl (C=O) groups is 2. The van der Waals surface area contributed by atoms with Crippen LogP contribution in [0.4, 0.5) is 13.2 Å². The molecule has 1 aromatic carbocycles. The number of sulfone groups is 1. The molecule has 3 fully saturated rings. The van der Waals surface area contributed by atoms with Crippen LogP contribution in [0.15, 0.2) is 41.4 Å². The minimum atomic E-state index is -4.61. The maximum absolute atomic E-state index is 14.1. The van der Waals surface area contributed by atoms with Crippen molar-refractivity contribution in [2.45, 2.75) is 52.6 Å². The average Bonchev–Trinajstić information content (AvgIpc) is 3.52. The van der Waals surface area contributed by atoms with Gasteiger partial charge in [-0.15, -0.1) is 0 Å². The van der Waals surface area contributed by atoms with Crippen molar-refractivity contribution in [3.63, 3.8) is 0 Å². The second kappa shape index (κ2) is 10.9. The summed E-state index contributed by atoms with van der Waals surface area (Å²) < 4.78 is 69.8. The zero-order valence-electron chi connectivity index (χ0n) is 21.7. The summed E-state index contributed by atoms with van der Waals surface area (Å²) in [5.41, 5.74) is -1.84. The molecule has 2 aromatic rings. The molecule has 2 saturated heterocycles. The van der Waals surface area contributed by atoms with Gasteiger partial charge in [0.2, 0.25) is 11.8 Å².